The third-order valence-electron chi connectivity index (χ3n) is 2.36. The minimum Gasteiger partial charge on any atom is -0.317 e. The molecule has 0 aromatic carbocycles. The van der Waals surface area contributed by atoms with Crippen molar-refractivity contribution < 1.29 is 0 Å². The van der Waals surface area contributed by atoms with Gasteiger partial charge in [-0.25, -0.2) is 0 Å². The van der Waals surface area contributed by atoms with Crippen molar-refractivity contribution in [3.8, 4) is 0 Å². The summed E-state index contributed by atoms with van der Waals surface area (Å²) in [4.78, 5) is 0. The number of hydrogen-bond donors (Lipinski definition) is 1. The molecule has 12 heavy (non-hydrogen) atoms. The van der Waals surface area contributed by atoms with Gasteiger partial charge >= 0.3 is 0 Å². The van der Waals surface area contributed by atoms with Crippen molar-refractivity contribution in [2.24, 2.45) is 0 Å². The van der Waals surface area contributed by atoms with Crippen LogP contribution in [0.25, 0.3) is 0 Å². The highest BCUT2D eigenvalue weighted by molar-refractivity contribution is 4.66. The highest BCUT2D eigenvalue weighted by atomic mass is 14.9. The maximum atomic E-state index is 3.71. The summed E-state index contributed by atoms with van der Waals surface area (Å²) in [7, 11) is 2.05. The molecule has 0 rings (SSSR count). The van der Waals surface area contributed by atoms with E-state index >= 15 is 0 Å². The van der Waals surface area contributed by atoms with Gasteiger partial charge in [-0.15, -0.1) is 6.58 Å². The fourth-order valence-corrected chi connectivity index (χ4v) is 1.41. The van der Waals surface area contributed by atoms with E-state index in [9.17, 15) is 0 Å². The third-order valence-corrected chi connectivity index (χ3v) is 2.36. The molecule has 0 bridgehead atoms. The number of unbranched alkanes of at least 4 members (excludes halogenated alkanes) is 3. The van der Waals surface area contributed by atoms with Crippen LogP contribution in [0.5, 0.6) is 0 Å². The molecule has 1 N–H and O–H groups in total. The summed E-state index contributed by atoms with van der Waals surface area (Å²) in [6.45, 7) is 5.95. The molecule has 1 nitrogen and oxygen atoms in total. The molecule has 0 spiro atoms. The Kier molecular flexibility index (Phi) is 8.57. The van der Waals surface area contributed by atoms with Crippen LogP contribution in [0.15, 0.2) is 12.7 Å². The average Bonchev–Trinajstić information content (AvgIpc) is 2.11. The van der Waals surface area contributed by atoms with Crippen LogP contribution in [-0.2, 0) is 0 Å². The topological polar surface area (TPSA) is 12.0 Å². The van der Waals surface area contributed by atoms with Crippen molar-refractivity contribution in [2.75, 3.05) is 7.05 Å². The maximum absolute atomic E-state index is 3.71. The van der Waals surface area contributed by atoms with Crippen molar-refractivity contribution in [2.45, 2.75) is 51.5 Å². The summed E-state index contributed by atoms with van der Waals surface area (Å²) in [5.41, 5.74) is 0. The Morgan fingerprint density at radius 3 is 2.58 bits per heavy atom. The zero-order valence-electron chi connectivity index (χ0n) is 8.60. The second kappa shape index (κ2) is 8.79. The van der Waals surface area contributed by atoms with Gasteiger partial charge in [-0.2, -0.15) is 0 Å². The quantitative estimate of drug-likeness (QED) is 0.435. The van der Waals surface area contributed by atoms with Gasteiger partial charge in [0.1, 0.15) is 0 Å². The summed E-state index contributed by atoms with van der Waals surface area (Å²) in [6.07, 6.45) is 9.77. The number of allylic oxidation sites excluding steroid dienone is 1. The minimum atomic E-state index is 0.730. The average molecular weight is 169 g/mol. The second-order valence-corrected chi connectivity index (χ2v) is 3.32. The van der Waals surface area contributed by atoms with E-state index in [1.807, 2.05) is 6.08 Å². The van der Waals surface area contributed by atoms with E-state index in [-0.39, 0.29) is 0 Å². The van der Waals surface area contributed by atoms with Gasteiger partial charge in [0.05, 0.1) is 0 Å². The van der Waals surface area contributed by atoms with Gasteiger partial charge in [0.2, 0.25) is 0 Å². The fourth-order valence-electron chi connectivity index (χ4n) is 1.41. The van der Waals surface area contributed by atoms with Crippen LogP contribution in [0, 0.1) is 0 Å². The Labute approximate surface area is 77.2 Å². The molecule has 0 aliphatic rings. The van der Waals surface area contributed by atoms with Gasteiger partial charge in [0, 0.05) is 6.04 Å². The Morgan fingerprint density at radius 1 is 1.33 bits per heavy atom. The zero-order valence-corrected chi connectivity index (χ0v) is 8.60. The predicted octanol–water partition coefficient (Wildman–Crippen LogP) is 3.12. The van der Waals surface area contributed by atoms with Crippen LogP contribution in [0.4, 0.5) is 0 Å². The van der Waals surface area contributed by atoms with Gasteiger partial charge < -0.3 is 5.32 Å². The Balaban J connectivity index is 3.11. The lowest BCUT2D eigenvalue weighted by Crippen LogP contribution is -2.23. The summed E-state index contributed by atoms with van der Waals surface area (Å²) < 4.78 is 0. The summed E-state index contributed by atoms with van der Waals surface area (Å²) in [5, 5.41) is 3.32. The van der Waals surface area contributed by atoms with Crippen molar-refractivity contribution >= 4 is 0 Å². The Morgan fingerprint density at radius 2 is 2.08 bits per heavy atom. The minimum absolute atomic E-state index is 0.730. The van der Waals surface area contributed by atoms with E-state index in [2.05, 4.69) is 25.9 Å². The van der Waals surface area contributed by atoms with Crippen LogP contribution < -0.4 is 5.32 Å². The van der Waals surface area contributed by atoms with Crippen LogP contribution in [0.3, 0.4) is 0 Å². The number of hydrogen-bond acceptors (Lipinski definition) is 1. The molecule has 0 aromatic rings. The molecule has 0 saturated heterocycles. The molecule has 0 heterocycles. The largest absolute Gasteiger partial charge is 0.317 e. The zero-order chi connectivity index (χ0) is 9.23. The van der Waals surface area contributed by atoms with Crippen molar-refractivity contribution in [3.05, 3.63) is 12.7 Å². The first-order valence-electron chi connectivity index (χ1n) is 5.13. The van der Waals surface area contributed by atoms with Crippen LogP contribution in [0.1, 0.15) is 45.4 Å². The predicted molar refractivity (Wildman–Crippen MR) is 56.4 cm³/mol. The Bertz CT molecular complexity index is 95.2. The number of nitrogens with one attached hydrogen (secondary N) is 1. The molecule has 0 fully saturated rings. The maximum Gasteiger partial charge on any atom is 0.00614 e. The lowest BCUT2D eigenvalue weighted by Gasteiger charge is -2.12. The summed E-state index contributed by atoms with van der Waals surface area (Å²) >= 11 is 0. The highest BCUT2D eigenvalue weighted by Gasteiger charge is 2.00. The van der Waals surface area contributed by atoms with Gasteiger partial charge in [-0.1, -0.05) is 25.8 Å². The fraction of sp³-hybridized carbons (Fsp3) is 0.818. The van der Waals surface area contributed by atoms with E-state index in [1.54, 1.807) is 0 Å². The molecule has 1 atom stereocenters. The second-order valence-electron chi connectivity index (χ2n) is 3.32. The molecular weight excluding hydrogens is 146 g/mol. The molecule has 0 amide bonds. The lowest BCUT2D eigenvalue weighted by molar-refractivity contribution is 0.478. The van der Waals surface area contributed by atoms with Crippen LogP contribution >= 0.6 is 0 Å². The smallest absolute Gasteiger partial charge is 0.00614 e. The highest BCUT2D eigenvalue weighted by Crippen LogP contribution is 2.07. The lowest BCUT2D eigenvalue weighted by atomic mass is 10.1. The van der Waals surface area contributed by atoms with Gasteiger partial charge in [-0.05, 0) is 32.7 Å². The first kappa shape index (κ1) is 11.7. The van der Waals surface area contributed by atoms with Gasteiger partial charge in [0.15, 0.2) is 0 Å². The van der Waals surface area contributed by atoms with E-state index < -0.39 is 0 Å². The number of rotatable bonds is 8. The molecule has 0 saturated carbocycles. The molecule has 0 aliphatic heterocycles. The first-order valence-corrected chi connectivity index (χ1v) is 5.13. The van der Waals surface area contributed by atoms with Crippen LogP contribution in [-0.4, -0.2) is 13.1 Å². The van der Waals surface area contributed by atoms with E-state index in [0.717, 1.165) is 6.04 Å². The van der Waals surface area contributed by atoms with Crippen LogP contribution in [0.2, 0.25) is 0 Å². The summed E-state index contributed by atoms with van der Waals surface area (Å²) in [6, 6.07) is 0.730. The molecule has 1 heteroatoms. The summed E-state index contributed by atoms with van der Waals surface area (Å²) in [5.74, 6) is 0. The molecule has 72 valence electrons. The standard InChI is InChI=1S/C11H23N/c1-4-6-7-8-9-10-11(5-2)12-3/h4,11-12H,1,5-10H2,2-3H3. The van der Waals surface area contributed by atoms with E-state index in [1.165, 1.54) is 38.5 Å². The normalized spacial score (nSPS) is 12.8. The van der Waals surface area contributed by atoms with E-state index in [4.69, 9.17) is 0 Å². The molecule has 0 radical (unpaired) electrons. The third kappa shape index (κ3) is 6.41. The monoisotopic (exact) mass is 169 g/mol. The van der Waals surface area contributed by atoms with E-state index in [0.29, 0.717) is 0 Å². The Hall–Kier alpha value is -0.300. The molecular formula is C11H23N. The van der Waals surface area contributed by atoms with Crippen molar-refractivity contribution in [1.29, 1.82) is 0 Å². The SMILES string of the molecule is C=CCCCCCC(CC)NC. The molecule has 0 aliphatic carbocycles. The molecule has 1 unspecified atom stereocenters. The molecule has 0 aromatic heterocycles. The van der Waals surface area contributed by atoms with Gasteiger partial charge in [0.25, 0.3) is 0 Å². The van der Waals surface area contributed by atoms with Crippen molar-refractivity contribution in [3.63, 3.8) is 0 Å². The first-order chi connectivity index (χ1) is 5.85. The van der Waals surface area contributed by atoms with Crippen molar-refractivity contribution in [1.82, 2.24) is 5.32 Å². The van der Waals surface area contributed by atoms with Gasteiger partial charge in [-0.3, -0.25) is 0 Å².